The zero-order chi connectivity index (χ0) is 24.1. The number of fused-ring (bicyclic) bond motifs is 1. The molecule has 0 N–H and O–H groups in total. The van der Waals surface area contributed by atoms with Crippen molar-refractivity contribution in [2.75, 3.05) is 26.3 Å². The van der Waals surface area contributed by atoms with Crippen LogP contribution in [0.1, 0.15) is 43.0 Å². The Hall–Kier alpha value is -2.04. The van der Waals surface area contributed by atoms with Crippen LogP contribution in [-0.2, 0) is 21.3 Å². The molecule has 4 rings (SSSR count). The van der Waals surface area contributed by atoms with Crippen molar-refractivity contribution in [3.8, 4) is 0 Å². The molecule has 7 nitrogen and oxygen atoms in total. The maximum atomic E-state index is 13.0. The lowest BCUT2D eigenvalue weighted by atomic mass is 10.2. The molecule has 1 aromatic heterocycles. The summed E-state index contributed by atoms with van der Waals surface area (Å²) in [5, 5.41) is 0.616. The van der Waals surface area contributed by atoms with Crippen molar-refractivity contribution in [3.63, 3.8) is 0 Å². The SMILES string of the molecule is CCOCCn1c(=NC(=O)c2ccc(S(=O)(=O)N3CCCCCC3)cc2)sc2cc(Cl)ccc21. The second kappa shape index (κ2) is 11.1. The summed E-state index contributed by atoms with van der Waals surface area (Å²) in [7, 11) is -3.56. The van der Waals surface area contributed by atoms with Gasteiger partial charge in [-0.3, -0.25) is 4.79 Å². The Labute approximate surface area is 208 Å². The van der Waals surface area contributed by atoms with Crippen molar-refractivity contribution in [2.24, 2.45) is 4.99 Å². The monoisotopic (exact) mass is 521 g/mol. The van der Waals surface area contributed by atoms with Gasteiger partial charge in [-0.15, -0.1) is 0 Å². The highest BCUT2D eigenvalue weighted by Gasteiger charge is 2.25. The third kappa shape index (κ3) is 5.60. The number of hydrogen-bond donors (Lipinski definition) is 0. The number of ether oxygens (including phenoxy) is 1. The minimum absolute atomic E-state index is 0.203. The highest BCUT2D eigenvalue weighted by Crippen LogP contribution is 2.23. The molecule has 0 radical (unpaired) electrons. The molecule has 2 aromatic carbocycles. The Balaban J connectivity index is 1.62. The Morgan fingerprint density at radius 1 is 1.09 bits per heavy atom. The molecule has 10 heteroatoms. The Bertz CT molecular complexity index is 1320. The van der Waals surface area contributed by atoms with Gasteiger partial charge in [0.1, 0.15) is 0 Å². The van der Waals surface area contributed by atoms with E-state index in [0.717, 1.165) is 35.9 Å². The first kappa shape index (κ1) is 25.1. The lowest BCUT2D eigenvalue weighted by molar-refractivity contribution is 0.0996. The van der Waals surface area contributed by atoms with E-state index >= 15 is 0 Å². The molecular formula is C24H28ClN3O4S2. The number of carbonyl (C=O) groups excluding carboxylic acids is 1. The van der Waals surface area contributed by atoms with E-state index < -0.39 is 15.9 Å². The van der Waals surface area contributed by atoms with Crippen molar-refractivity contribution in [1.82, 2.24) is 8.87 Å². The minimum atomic E-state index is -3.56. The number of benzene rings is 2. The smallest absolute Gasteiger partial charge is 0.279 e. The summed E-state index contributed by atoms with van der Waals surface area (Å²) >= 11 is 7.53. The van der Waals surface area contributed by atoms with Gasteiger partial charge in [0.25, 0.3) is 5.91 Å². The normalized spacial score (nSPS) is 16.1. The largest absolute Gasteiger partial charge is 0.380 e. The number of amides is 1. The number of rotatable bonds is 7. The van der Waals surface area contributed by atoms with E-state index in [1.54, 1.807) is 4.31 Å². The Kier molecular flexibility index (Phi) is 8.21. The molecule has 0 saturated carbocycles. The maximum Gasteiger partial charge on any atom is 0.279 e. The number of thiazole rings is 1. The molecule has 1 saturated heterocycles. The molecule has 1 aliphatic rings. The summed E-state index contributed by atoms with van der Waals surface area (Å²) in [6, 6.07) is 11.6. The van der Waals surface area contributed by atoms with Gasteiger partial charge in [0.05, 0.1) is 21.7 Å². The maximum absolute atomic E-state index is 13.0. The van der Waals surface area contributed by atoms with Gasteiger partial charge in [-0.1, -0.05) is 35.8 Å². The van der Waals surface area contributed by atoms with Crippen LogP contribution in [0.3, 0.4) is 0 Å². The third-order valence-corrected chi connectivity index (χ3v) is 9.00. The molecule has 0 atom stereocenters. The number of hydrogen-bond acceptors (Lipinski definition) is 5. The van der Waals surface area contributed by atoms with E-state index in [1.165, 1.54) is 35.6 Å². The van der Waals surface area contributed by atoms with Crippen LogP contribution in [0.25, 0.3) is 10.2 Å². The first-order valence-electron chi connectivity index (χ1n) is 11.5. The Morgan fingerprint density at radius 3 is 2.47 bits per heavy atom. The highest BCUT2D eigenvalue weighted by molar-refractivity contribution is 7.89. The van der Waals surface area contributed by atoms with Crippen LogP contribution in [0.5, 0.6) is 0 Å². The van der Waals surface area contributed by atoms with Crippen molar-refractivity contribution in [2.45, 2.75) is 44.0 Å². The second-order valence-corrected chi connectivity index (χ2v) is 11.5. The molecule has 182 valence electrons. The first-order chi connectivity index (χ1) is 16.4. The van der Waals surface area contributed by atoms with E-state index in [9.17, 15) is 13.2 Å². The van der Waals surface area contributed by atoms with Crippen LogP contribution in [0, 0.1) is 0 Å². The fourth-order valence-corrected chi connectivity index (χ4v) is 6.85. The molecule has 2 heterocycles. The summed E-state index contributed by atoms with van der Waals surface area (Å²) in [5.41, 5.74) is 1.27. The fraction of sp³-hybridized carbons (Fsp3) is 0.417. The standard InChI is InChI=1S/C24H28ClN3O4S2/c1-2-32-16-15-28-21-12-9-19(25)17-22(21)33-24(28)26-23(29)18-7-10-20(11-8-18)34(30,31)27-13-5-3-4-6-14-27/h7-12,17H,2-6,13-16H2,1H3. The van der Waals surface area contributed by atoms with E-state index in [0.29, 0.717) is 48.2 Å². The lowest BCUT2D eigenvalue weighted by Crippen LogP contribution is -2.31. The van der Waals surface area contributed by atoms with Gasteiger partial charge in [-0.25, -0.2) is 8.42 Å². The van der Waals surface area contributed by atoms with Crippen molar-refractivity contribution >= 4 is 49.1 Å². The van der Waals surface area contributed by atoms with Gasteiger partial charge in [0.15, 0.2) is 4.80 Å². The van der Waals surface area contributed by atoms with E-state index in [2.05, 4.69) is 4.99 Å². The quantitative estimate of drug-likeness (QED) is 0.422. The molecule has 3 aromatic rings. The molecule has 1 amide bonds. The van der Waals surface area contributed by atoms with Crippen LogP contribution in [-0.4, -0.2) is 49.5 Å². The second-order valence-electron chi connectivity index (χ2n) is 8.10. The molecule has 1 fully saturated rings. The average Bonchev–Trinajstić information content (AvgIpc) is 2.99. The van der Waals surface area contributed by atoms with Crippen molar-refractivity contribution < 1.29 is 17.9 Å². The zero-order valence-electron chi connectivity index (χ0n) is 19.1. The van der Waals surface area contributed by atoms with Crippen LogP contribution < -0.4 is 4.80 Å². The number of carbonyl (C=O) groups is 1. The third-order valence-electron chi connectivity index (χ3n) is 5.81. The fourth-order valence-electron chi connectivity index (χ4n) is 4.00. The Morgan fingerprint density at radius 2 is 1.79 bits per heavy atom. The highest BCUT2D eigenvalue weighted by atomic mass is 35.5. The number of nitrogens with zero attached hydrogens (tertiary/aromatic N) is 3. The van der Waals surface area contributed by atoms with Crippen LogP contribution >= 0.6 is 22.9 Å². The van der Waals surface area contributed by atoms with Crippen molar-refractivity contribution in [1.29, 1.82) is 0 Å². The van der Waals surface area contributed by atoms with Crippen LogP contribution in [0.15, 0.2) is 52.4 Å². The van der Waals surface area contributed by atoms with Gasteiger partial charge in [0.2, 0.25) is 10.0 Å². The summed E-state index contributed by atoms with van der Waals surface area (Å²) in [4.78, 5) is 18.1. The van der Waals surface area contributed by atoms with Crippen LogP contribution in [0.2, 0.25) is 5.02 Å². The number of halogens is 1. The summed E-state index contributed by atoms with van der Waals surface area (Å²) in [6.07, 6.45) is 3.85. The molecular weight excluding hydrogens is 494 g/mol. The molecule has 1 aliphatic heterocycles. The average molecular weight is 522 g/mol. The molecule has 34 heavy (non-hydrogen) atoms. The van der Waals surface area contributed by atoms with Crippen LogP contribution in [0.4, 0.5) is 0 Å². The topological polar surface area (TPSA) is 81.0 Å². The van der Waals surface area contributed by atoms with Gasteiger partial charge in [-0.2, -0.15) is 9.30 Å². The predicted octanol–water partition coefficient (Wildman–Crippen LogP) is 4.70. The molecule has 0 aliphatic carbocycles. The lowest BCUT2D eigenvalue weighted by Gasteiger charge is -2.19. The molecule has 0 unspecified atom stereocenters. The molecule has 0 bridgehead atoms. The predicted molar refractivity (Wildman–Crippen MR) is 135 cm³/mol. The first-order valence-corrected chi connectivity index (χ1v) is 14.1. The van der Waals surface area contributed by atoms with Gasteiger partial charge in [0, 0.05) is 36.8 Å². The van der Waals surface area contributed by atoms with Crippen molar-refractivity contribution in [3.05, 3.63) is 57.9 Å². The summed E-state index contributed by atoms with van der Waals surface area (Å²) < 4.78 is 35.9. The van der Waals surface area contributed by atoms with E-state index in [-0.39, 0.29) is 4.90 Å². The zero-order valence-corrected chi connectivity index (χ0v) is 21.5. The number of sulfonamides is 1. The summed E-state index contributed by atoms with van der Waals surface area (Å²) in [5.74, 6) is -0.429. The number of aromatic nitrogens is 1. The van der Waals surface area contributed by atoms with Gasteiger partial charge < -0.3 is 9.30 Å². The minimum Gasteiger partial charge on any atom is -0.380 e. The van der Waals surface area contributed by atoms with E-state index in [4.69, 9.17) is 16.3 Å². The van der Waals surface area contributed by atoms with E-state index in [1.807, 2.05) is 29.7 Å². The molecule has 0 spiro atoms. The van der Waals surface area contributed by atoms with Gasteiger partial charge in [-0.05, 0) is 62.2 Å². The van der Waals surface area contributed by atoms with Gasteiger partial charge >= 0.3 is 0 Å². The summed E-state index contributed by atoms with van der Waals surface area (Å²) in [6.45, 7) is 4.66.